The molecule has 0 unspecified atom stereocenters. The molecule has 0 aliphatic rings. The molecule has 1 aromatic heterocycles. The Bertz CT molecular complexity index is 1140. The van der Waals surface area contributed by atoms with Crippen molar-refractivity contribution in [3.63, 3.8) is 0 Å². The quantitative estimate of drug-likeness (QED) is 0.504. The lowest BCUT2D eigenvalue weighted by Crippen LogP contribution is -2.29. The fourth-order valence-electron chi connectivity index (χ4n) is 3.05. The van der Waals surface area contributed by atoms with Gasteiger partial charge in [-0.3, -0.25) is 9.54 Å². The fourth-order valence-corrected chi connectivity index (χ4v) is 3.61. The topological polar surface area (TPSA) is 96.7 Å². The van der Waals surface area contributed by atoms with Crippen LogP contribution in [0.3, 0.4) is 0 Å². The van der Waals surface area contributed by atoms with Crippen LogP contribution in [-0.4, -0.2) is 35.3 Å². The van der Waals surface area contributed by atoms with Crippen molar-refractivity contribution in [2.75, 3.05) is 0 Å². The van der Waals surface area contributed by atoms with E-state index in [4.69, 9.17) is 9.29 Å². The second kappa shape index (κ2) is 9.51. The van der Waals surface area contributed by atoms with Gasteiger partial charge in [0, 0.05) is 18.0 Å². The summed E-state index contributed by atoms with van der Waals surface area (Å²) in [7, 11) is -4.87. The lowest BCUT2D eigenvalue weighted by Gasteiger charge is -2.20. The van der Waals surface area contributed by atoms with Gasteiger partial charge in [-0.15, -0.1) is 0 Å². The molecule has 0 aliphatic carbocycles. The molecule has 0 amide bonds. The molecule has 0 fully saturated rings. The van der Waals surface area contributed by atoms with Crippen LogP contribution in [0.2, 0.25) is 0 Å². The highest BCUT2D eigenvalue weighted by molar-refractivity contribution is 7.85. The van der Waals surface area contributed by atoms with Crippen LogP contribution < -0.4 is 4.74 Å². The van der Waals surface area contributed by atoms with Gasteiger partial charge in [0.15, 0.2) is 0 Å². The van der Waals surface area contributed by atoms with E-state index >= 15 is 0 Å². The van der Waals surface area contributed by atoms with Gasteiger partial charge in [0.1, 0.15) is 28.4 Å². The van der Waals surface area contributed by atoms with E-state index in [0.717, 1.165) is 5.56 Å². The number of aromatic nitrogens is 1. The molecule has 0 radical (unpaired) electrons. The molecule has 0 aliphatic heterocycles. The molecule has 3 aromatic rings. The maximum absolute atomic E-state index is 14.3. The smallest absolute Gasteiger partial charge is 0.297 e. The molecule has 164 valence electrons. The van der Waals surface area contributed by atoms with Crippen LogP contribution >= 0.6 is 0 Å². The van der Waals surface area contributed by atoms with E-state index in [2.05, 4.69) is 4.98 Å². The third-order valence-corrected chi connectivity index (χ3v) is 5.65. The highest BCUT2D eigenvalue weighted by Gasteiger charge is 2.20. The van der Waals surface area contributed by atoms with Gasteiger partial charge >= 0.3 is 0 Å². The van der Waals surface area contributed by atoms with E-state index in [9.17, 15) is 22.3 Å². The number of pyridine rings is 1. The Kier molecular flexibility index (Phi) is 6.99. The zero-order chi connectivity index (χ0) is 22.6. The van der Waals surface area contributed by atoms with E-state index < -0.39 is 38.9 Å². The van der Waals surface area contributed by atoms with Crippen molar-refractivity contribution in [2.24, 2.45) is 0 Å². The first-order chi connectivity index (χ1) is 14.6. The second-order valence-electron chi connectivity index (χ2n) is 7.05. The predicted molar refractivity (Wildman–Crippen MR) is 110 cm³/mol. The van der Waals surface area contributed by atoms with Crippen LogP contribution in [0.25, 0.3) is 11.1 Å². The molecule has 2 aromatic carbocycles. The lowest BCUT2D eigenvalue weighted by atomic mass is 10.0. The number of nitrogens with zero attached hydrogens (tertiary/aromatic N) is 1. The summed E-state index contributed by atoms with van der Waals surface area (Å²) in [4.78, 5) is 2.91. The number of benzene rings is 2. The summed E-state index contributed by atoms with van der Waals surface area (Å²) in [6.45, 7) is 1.73. The maximum Gasteiger partial charge on any atom is 0.297 e. The van der Waals surface area contributed by atoms with Gasteiger partial charge in [0.05, 0.1) is 6.10 Å². The average molecular weight is 449 g/mol. The largest absolute Gasteiger partial charge is 0.488 e. The number of aliphatic hydroxyl groups is 1. The lowest BCUT2D eigenvalue weighted by molar-refractivity contribution is 0.0420. The van der Waals surface area contributed by atoms with E-state index in [0.29, 0.717) is 30.7 Å². The van der Waals surface area contributed by atoms with Gasteiger partial charge in [0.25, 0.3) is 10.1 Å². The van der Waals surface area contributed by atoms with Gasteiger partial charge in [0.2, 0.25) is 0 Å². The highest BCUT2D eigenvalue weighted by atomic mass is 32.2. The van der Waals surface area contributed by atoms with Crippen LogP contribution in [0, 0.1) is 11.6 Å². The Labute approximate surface area is 178 Å². The van der Waals surface area contributed by atoms with Crippen LogP contribution in [0.1, 0.15) is 18.9 Å². The van der Waals surface area contributed by atoms with Crippen molar-refractivity contribution in [2.45, 2.75) is 36.9 Å². The molecule has 31 heavy (non-hydrogen) atoms. The third-order valence-electron chi connectivity index (χ3n) is 4.78. The Hall–Kier alpha value is -2.88. The van der Waals surface area contributed by atoms with Gasteiger partial charge in [-0.25, -0.2) is 8.78 Å². The SMILES string of the molecule is C[C@H](Oc1ccc(-c2cc(F)c(S(=O)(=O)O)cc2F)cc1)[C@H](O)CCc1cccnc1. The van der Waals surface area contributed by atoms with Gasteiger partial charge in [-0.05, 0) is 61.2 Å². The average Bonchev–Trinajstić information content (AvgIpc) is 2.74. The number of hydrogen-bond acceptors (Lipinski definition) is 5. The van der Waals surface area contributed by atoms with Crippen molar-refractivity contribution in [3.05, 3.63) is 78.1 Å². The summed E-state index contributed by atoms with van der Waals surface area (Å²) in [6, 6.07) is 10.9. The highest BCUT2D eigenvalue weighted by Crippen LogP contribution is 2.29. The van der Waals surface area contributed by atoms with Crippen molar-refractivity contribution in [1.82, 2.24) is 4.98 Å². The summed E-state index contributed by atoms with van der Waals surface area (Å²) in [5.41, 5.74) is 1.13. The standard InChI is InChI=1S/C22H21F2NO5S/c1-14(21(26)9-4-15-3-2-10-25-13-15)30-17-7-5-16(6-8-17)18-11-20(24)22(12-19(18)23)31(27,28)29/h2-3,5-8,10-14,21,26H,4,9H2,1H3,(H,27,28,29)/t14-,21+/m0/s1. The summed E-state index contributed by atoms with van der Waals surface area (Å²) in [5, 5.41) is 10.3. The molecule has 0 saturated heterocycles. The normalized spacial score (nSPS) is 13.6. The maximum atomic E-state index is 14.3. The summed E-state index contributed by atoms with van der Waals surface area (Å²) in [5.74, 6) is -1.83. The molecule has 0 spiro atoms. The molecule has 9 heteroatoms. The van der Waals surface area contributed by atoms with Gasteiger partial charge in [-0.2, -0.15) is 8.42 Å². The van der Waals surface area contributed by atoms with E-state index in [1.54, 1.807) is 19.3 Å². The van der Waals surface area contributed by atoms with Crippen molar-refractivity contribution in [3.8, 4) is 16.9 Å². The monoisotopic (exact) mass is 449 g/mol. The number of hydrogen-bond donors (Lipinski definition) is 2. The fraction of sp³-hybridized carbons (Fsp3) is 0.227. The first kappa shape index (κ1) is 22.8. The van der Waals surface area contributed by atoms with E-state index in [1.165, 1.54) is 24.3 Å². The van der Waals surface area contributed by atoms with Crippen LogP contribution in [0.15, 0.2) is 65.8 Å². The van der Waals surface area contributed by atoms with E-state index in [-0.39, 0.29) is 11.1 Å². The molecule has 2 atom stereocenters. The molecular formula is C22H21F2NO5S. The Morgan fingerprint density at radius 1 is 1.10 bits per heavy atom. The molecule has 6 nitrogen and oxygen atoms in total. The first-order valence-electron chi connectivity index (χ1n) is 9.45. The van der Waals surface area contributed by atoms with Crippen LogP contribution in [0.4, 0.5) is 8.78 Å². The first-order valence-corrected chi connectivity index (χ1v) is 10.9. The Morgan fingerprint density at radius 3 is 2.42 bits per heavy atom. The number of rotatable bonds is 8. The Morgan fingerprint density at radius 2 is 1.81 bits per heavy atom. The zero-order valence-corrected chi connectivity index (χ0v) is 17.4. The molecule has 3 rings (SSSR count). The van der Waals surface area contributed by atoms with Crippen molar-refractivity contribution < 1.29 is 31.6 Å². The second-order valence-corrected chi connectivity index (χ2v) is 8.44. The van der Waals surface area contributed by atoms with E-state index in [1.807, 2.05) is 12.1 Å². The molecular weight excluding hydrogens is 428 g/mol. The number of halogens is 2. The minimum Gasteiger partial charge on any atom is -0.488 e. The number of ether oxygens (including phenoxy) is 1. The van der Waals surface area contributed by atoms with Crippen molar-refractivity contribution in [1.29, 1.82) is 0 Å². The minimum atomic E-state index is -4.87. The minimum absolute atomic E-state index is 0.166. The van der Waals surface area contributed by atoms with Gasteiger partial charge < -0.3 is 9.84 Å². The Balaban J connectivity index is 1.67. The summed E-state index contributed by atoms with van der Waals surface area (Å²) < 4.78 is 65.1. The van der Waals surface area contributed by atoms with Crippen LogP contribution in [0.5, 0.6) is 5.75 Å². The predicted octanol–water partition coefficient (Wildman–Crippen LogP) is 4.03. The molecule has 0 saturated carbocycles. The summed E-state index contributed by atoms with van der Waals surface area (Å²) >= 11 is 0. The molecule has 1 heterocycles. The van der Waals surface area contributed by atoms with Gasteiger partial charge in [-0.1, -0.05) is 18.2 Å². The van der Waals surface area contributed by atoms with Crippen molar-refractivity contribution >= 4 is 10.1 Å². The number of aryl methyl sites for hydroxylation is 1. The molecule has 0 bridgehead atoms. The summed E-state index contributed by atoms with van der Waals surface area (Å²) in [6.07, 6.45) is 3.31. The molecule has 2 N–H and O–H groups in total. The third kappa shape index (κ3) is 5.84. The zero-order valence-electron chi connectivity index (χ0n) is 16.6. The number of aliphatic hydroxyl groups excluding tert-OH is 1. The van der Waals surface area contributed by atoms with Crippen LogP contribution in [-0.2, 0) is 16.5 Å².